The fraction of sp³-hybridized carbons (Fsp3) is 0.500. The number of hydrogen-bond donors (Lipinski definition) is 1. The lowest BCUT2D eigenvalue weighted by Crippen LogP contribution is -2.07. The summed E-state index contributed by atoms with van der Waals surface area (Å²) in [7, 11) is 0. The van der Waals surface area contributed by atoms with Crippen LogP contribution < -0.4 is 5.63 Å². The molecule has 1 aromatic carbocycles. The van der Waals surface area contributed by atoms with Crippen LogP contribution in [0.15, 0.2) is 21.3 Å². The molecule has 0 bridgehead atoms. The van der Waals surface area contributed by atoms with E-state index in [0.29, 0.717) is 5.58 Å². The largest absolute Gasteiger partial charge is 0.508 e. The number of fused-ring (bicyclic) bond motifs is 3. The summed E-state index contributed by atoms with van der Waals surface area (Å²) >= 11 is 0. The Labute approximate surface area is 124 Å². The van der Waals surface area contributed by atoms with Crippen LogP contribution in [0.5, 0.6) is 5.75 Å². The van der Waals surface area contributed by atoms with Crippen molar-refractivity contribution in [2.24, 2.45) is 0 Å². The van der Waals surface area contributed by atoms with Crippen LogP contribution in [-0.2, 0) is 19.3 Å². The van der Waals surface area contributed by atoms with Crippen LogP contribution >= 0.6 is 0 Å². The van der Waals surface area contributed by atoms with E-state index in [0.717, 1.165) is 54.2 Å². The van der Waals surface area contributed by atoms with Crippen LogP contribution in [0, 0.1) is 0 Å². The first-order valence-electron chi connectivity index (χ1n) is 8.01. The molecule has 3 rings (SSSR count). The lowest BCUT2D eigenvalue weighted by atomic mass is 10.00. The van der Waals surface area contributed by atoms with Crippen LogP contribution in [0.3, 0.4) is 0 Å². The average Bonchev–Trinajstić information content (AvgIpc) is 2.95. The molecule has 1 N–H and O–H groups in total. The number of rotatable bonds is 5. The zero-order valence-electron chi connectivity index (χ0n) is 12.6. The summed E-state index contributed by atoms with van der Waals surface area (Å²) < 4.78 is 5.37. The number of unbranched alkanes of at least 4 members (excludes halogenated alkanes) is 3. The van der Waals surface area contributed by atoms with Crippen LogP contribution in [0.25, 0.3) is 11.0 Å². The summed E-state index contributed by atoms with van der Waals surface area (Å²) in [5.74, 6) is 0.250. The minimum Gasteiger partial charge on any atom is -0.508 e. The third kappa shape index (κ3) is 2.69. The first kappa shape index (κ1) is 14.2. The number of aromatic hydroxyl groups is 1. The molecular formula is C18H22O3. The van der Waals surface area contributed by atoms with Gasteiger partial charge in [0.15, 0.2) is 0 Å². The molecule has 0 unspecified atom stereocenters. The summed E-state index contributed by atoms with van der Waals surface area (Å²) in [6.45, 7) is 2.19. The van der Waals surface area contributed by atoms with Crippen LogP contribution in [-0.4, -0.2) is 5.11 Å². The maximum absolute atomic E-state index is 11.9. The quantitative estimate of drug-likeness (QED) is 0.664. The average molecular weight is 286 g/mol. The van der Waals surface area contributed by atoms with E-state index in [-0.39, 0.29) is 11.4 Å². The van der Waals surface area contributed by atoms with E-state index in [2.05, 4.69) is 6.92 Å². The maximum Gasteiger partial charge on any atom is 0.339 e. The second kappa shape index (κ2) is 5.92. The SMILES string of the molecule is CCCCCCc1cc2c3c(c(=O)oc2cc1O)CCC3. The van der Waals surface area contributed by atoms with Gasteiger partial charge in [-0.3, -0.25) is 0 Å². The molecule has 0 atom stereocenters. The van der Waals surface area contributed by atoms with Crippen molar-refractivity contribution >= 4 is 11.0 Å². The third-order valence-corrected chi connectivity index (χ3v) is 4.47. The van der Waals surface area contributed by atoms with Crippen molar-refractivity contribution < 1.29 is 9.52 Å². The van der Waals surface area contributed by atoms with E-state index in [1.54, 1.807) is 6.07 Å². The fourth-order valence-electron chi connectivity index (χ4n) is 3.30. The van der Waals surface area contributed by atoms with Crippen molar-refractivity contribution in [3.05, 3.63) is 39.2 Å². The van der Waals surface area contributed by atoms with E-state index < -0.39 is 0 Å². The number of benzene rings is 1. The molecule has 0 amide bonds. The van der Waals surface area contributed by atoms with Gasteiger partial charge in [0.1, 0.15) is 11.3 Å². The van der Waals surface area contributed by atoms with Gasteiger partial charge in [-0.15, -0.1) is 0 Å². The number of phenols is 1. The molecule has 1 heterocycles. The predicted octanol–water partition coefficient (Wildman–Crippen LogP) is 4.11. The molecule has 112 valence electrons. The zero-order chi connectivity index (χ0) is 14.8. The second-order valence-corrected chi connectivity index (χ2v) is 5.99. The molecule has 0 saturated carbocycles. The summed E-state index contributed by atoms with van der Waals surface area (Å²) in [4.78, 5) is 11.9. The van der Waals surface area contributed by atoms with Crippen molar-refractivity contribution in [2.45, 2.75) is 58.3 Å². The first-order valence-corrected chi connectivity index (χ1v) is 8.01. The molecule has 3 heteroatoms. The van der Waals surface area contributed by atoms with Gasteiger partial charge in [-0.1, -0.05) is 26.2 Å². The molecular weight excluding hydrogens is 264 g/mol. The lowest BCUT2D eigenvalue weighted by Gasteiger charge is -2.09. The summed E-state index contributed by atoms with van der Waals surface area (Å²) in [6, 6.07) is 3.65. The zero-order valence-corrected chi connectivity index (χ0v) is 12.6. The Bertz CT molecular complexity index is 712. The highest BCUT2D eigenvalue weighted by Crippen LogP contribution is 2.32. The standard InChI is InChI=1S/C18H22O3/c1-2-3-4-5-7-12-10-15-13-8-6-9-14(13)18(20)21-17(15)11-16(12)19/h10-11,19H,2-9H2,1H3. The smallest absolute Gasteiger partial charge is 0.339 e. The van der Waals surface area contributed by atoms with Gasteiger partial charge in [0.2, 0.25) is 0 Å². The van der Waals surface area contributed by atoms with Gasteiger partial charge in [-0.25, -0.2) is 4.79 Å². The highest BCUT2D eigenvalue weighted by molar-refractivity contribution is 5.84. The van der Waals surface area contributed by atoms with E-state index in [4.69, 9.17) is 4.42 Å². The van der Waals surface area contributed by atoms with Crippen molar-refractivity contribution in [3.63, 3.8) is 0 Å². The molecule has 1 aromatic heterocycles. The predicted molar refractivity (Wildman–Crippen MR) is 84.0 cm³/mol. The molecule has 2 aromatic rings. The Hall–Kier alpha value is -1.77. The van der Waals surface area contributed by atoms with Gasteiger partial charge in [0, 0.05) is 17.0 Å². The molecule has 0 spiro atoms. The number of hydrogen-bond acceptors (Lipinski definition) is 3. The van der Waals surface area contributed by atoms with Crippen molar-refractivity contribution in [1.82, 2.24) is 0 Å². The van der Waals surface area contributed by atoms with Gasteiger partial charge in [-0.05, 0) is 49.3 Å². The minimum atomic E-state index is -0.231. The highest BCUT2D eigenvalue weighted by Gasteiger charge is 2.20. The van der Waals surface area contributed by atoms with Crippen molar-refractivity contribution in [1.29, 1.82) is 0 Å². The third-order valence-electron chi connectivity index (χ3n) is 4.47. The lowest BCUT2D eigenvalue weighted by molar-refractivity contribution is 0.464. The van der Waals surface area contributed by atoms with Gasteiger partial charge in [0.05, 0.1) is 0 Å². The van der Waals surface area contributed by atoms with Crippen LogP contribution in [0.1, 0.15) is 55.7 Å². The van der Waals surface area contributed by atoms with Gasteiger partial charge >= 0.3 is 5.63 Å². The number of aryl methyl sites for hydroxylation is 2. The van der Waals surface area contributed by atoms with Crippen molar-refractivity contribution in [3.8, 4) is 5.75 Å². The fourth-order valence-corrected chi connectivity index (χ4v) is 3.30. The second-order valence-electron chi connectivity index (χ2n) is 5.99. The van der Waals surface area contributed by atoms with Gasteiger partial charge in [-0.2, -0.15) is 0 Å². The first-order chi connectivity index (χ1) is 10.2. The Balaban J connectivity index is 1.98. The Kier molecular flexibility index (Phi) is 4.00. The van der Waals surface area contributed by atoms with Crippen LogP contribution in [0.2, 0.25) is 0 Å². The molecule has 0 radical (unpaired) electrons. The number of phenolic OH excluding ortho intramolecular Hbond substituents is 1. The minimum absolute atomic E-state index is 0.231. The molecule has 0 saturated heterocycles. The Morgan fingerprint density at radius 3 is 2.76 bits per heavy atom. The van der Waals surface area contributed by atoms with E-state index in [1.807, 2.05) is 6.07 Å². The summed E-state index contributed by atoms with van der Waals surface area (Å²) in [5, 5.41) is 11.2. The Morgan fingerprint density at radius 2 is 1.95 bits per heavy atom. The molecule has 0 aliphatic heterocycles. The topological polar surface area (TPSA) is 50.4 Å². The van der Waals surface area contributed by atoms with E-state index in [1.165, 1.54) is 19.3 Å². The normalized spacial score (nSPS) is 13.8. The molecule has 21 heavy (non-hydrogen) atoms. The van der Waals surface area contributed by atoms with Gasteiger partial charge in [0.25, 0.3) is 0 Å². The maximum atomic E-state index is 11.9. The molecule has 0 fully saturated rings. The summed E-state index contributed by atoms with van der Waals surface area (Å²) in [5.41, 5.74) is 3.24. The highest BCUT2D eigenvalue weighted by atomic mass is 16.4. The van der Waals surface area contributed by atoms with Crippen molar-refractivity contribution in [2.75, 3.05) is 0 Å². The molecule has 3 nitrogen and oxygen atoms in total. The van der Waals surface area contributed by atoms with Gasteiger partial charge < -0.3 is 9.52 Å². The Morgan fingerprint density at radius 1 is 1.14 bits per heavy atom. The monoisotopic (exact) mass is 286 g/mol. The van der Waals surface area contributed by atoms with Crippen LogP contribution in [0.4, 0.5) is 0 Å². The van der Waals surface area contributed by atoms with E-state index in [9.17, 15) is 9.90 Å². The molecule has 1 aliphatic carbocycles. The van der Waals surface area contributed by atoms with E-state index >= 15 is 0 Å². The summed E-state index contributed by atoms with van der Waals surface area (Å²) in [6.07, 6.45) is 8.39. The molecule has 1 aliphatic rings.